The van der Waals surface area contributed by atoms with Crippen LogP contribution in [-0.4, -0.2) is 41.5 Å². The number of hydrogen-bond acceptors (Lipinski definition) is 6. The van der Waals surface area contributed by atoms with Crippen molar-refractivity contribution in [3.63, 3.8) is 0 Å². The minimum Gasteiger partial charge on any atom is -0.383 e. The maximum atomic E-state index is 5.86. The lowest BCUT2D eigenvalue weighted by Crippen LogP contribution is -2.49. The minimum absolute atomic E-state index is 0.368. The van der Waals surface area contributed by atoms with Gasteiger partial charge in [0, 0.05) is 12.6 Å². The van der Waals surface area contributed by atoms with Crippen molar-refractivity contribution >= 4 is 23.4 Å². The molecule has 0 bridgehead atoms. The predicted molar refractivity (Wildman–Crippen MR) is 73.0 cm³/mol. The molecule has 18 heavy (non-hydrogen) atoms. The standard InChI is InChI=1S/C12H18N4OS/c1-18-12-14-10(13)7-11(15-12)16-5-6-17-9-4-2-3-8(9)16/h7-9H,2-6H2,1H3,(H2,13,14,15). The molecule has 2 aliphatic rings. The smallest absolute Gasteiger partial charge is 0.191 e. The molecule has 2 fully saturated rings. The number of hydrogen-bond donors (Lipinski definition) is 1. The monoisotopic (exact) mass is 266 g/mol. The first-order valence-electron chi connectivity index (χ1n) is 6.35. The maximum Gasteiger partial charge on any atom is 0.191 e. The Morgan fingerprint density at radius 1 is 1.44 bits per heavy atom. The Hall–Kier alpha value is -1.01. The van der Waals surface area contributed by atoms with E-state index in [0.29, 0.717) is 18.0 Å². The van der Waals surface area contributed by atoms with Crippen molar-refractivity contribution in [2.45, 2.75) is 36.6 Å². The number of nitrogen functional groups attached to an aromatic ring is 1. The molecule has 0 radical (unpaired) electrons. The second-order valence-corrected chi connectivity index (χ2v) is 5.51. The third-order valence-electron chi connectivity index (χ3n) is 3.67. The Labute approximate surface area is 111 Å². The van der Waals surface area contributed by atoms with E-state index in [1.807, 2.05) is 12.3 Å². The third-order valence-corrected chi connectivity index (χ3v) is 4.22. The van der Waals surface area contributed by atoms with Crippen LogP contribution in [0.4, 0.5) is 11.6 Å². The number of morpholine rings is 1. The van der Waals surface area contributed by atoms with Crippen molar-refractivity contribution in [3.05, 3.63) is 6.07 Å². The van der Waals surface area contributed by atoms with E-state index < -0.39 is 0 Å². The topological polar surface area (TPSA) is 64.3 Å². The van der Waals surface area contributed by atoms with E-state index in [-0.39, 0.29) is 0 Å². The van der Waals surface area contributed by atoms with Crippen molar-refractivity contribution in [3.8, 4) is 0 Å². The van der Waals surface area contributed by atoms with E-state index in [1.165, 1.54) is 24.6 Å². The van der Waals surface area contributed by atoms with Crippen molar-refractivity contribution in [1.82, 2.24) is 9.97 Å². The van der Waals surface area contributed by atoms with Gasteiger partial charge in [-0.3, -0.25) is 0 Å². The van der Waals surface area contributed by atoms with Gasteiger partial charge in [0.15, 0.2) is 5.16 Å². The molecule has 2 unspecified atom stereocenters. The first-order chi connectivity index (χ1) is 8.78. The molecule has 2 heterocycles. The Kier molecular flexibility index (Phi) is 3.30. The van der Waals surface area contributed by atoms with Gasteiger partial charge in [-0.1, -0.05) is 11.8 Å². The predicted octanol–water partition coefficient (Wildman–Crippen LogP) is 1.54. The molecule has 1 aliphatic heterocycles. The zero-order chi connectivity index (χ0) is 12.5. The van der Waals surface area contributed by atoms with E-state index in [4.69, 9.17) is 10.5 Å². The molecule has 98 valence electrons. The Morgan fingerprint density at radius 3 is 3.17 bits per heavy atom. The number of aromatic nitrogens is 2. The summed E-state index contributed by atoms with van der Waals surface area (Å²) in [5, 5.41) is 0.742. The van der Waals surface area contributed by atoms with E-state index >= 15 is 0 Å². The van der Waals surface area contributed by atoms with Gasteiger partial charge in [0.25, 0.3) is 0 Å². The summed E-state index contributed by atoms with van der Waals surface area (Å²) >= 11 is 1.53. The van der Waals surface area contributed by atoms with Crippen LogP contribution in [-0.2, 0) is 4.74 Å². The number of anilines is 2. The van der Waals surface area contributed by atoms with Crippen LogP contribution in [0.15, 0.2) is 11.2 Å². The number of thioether (sulfide) groups is 1. The van der Waals surface area contributed by atoms with Crippen molar-refractivity contribution in [2.75, 3.05) is 30.0 Å². The van der Waals surface area contributed by atoms with Gasteiger partial charge in [-0.15, -0.1) is 0 Å². The molecule has 0 spiro atoms. The first-order valence-corrected chi connectivity index (χ1v) is 7.57. The van der Waals surface area contributed by atoms with Gasteiger partial charge in [-0.25, -0.2) is 9.97 Å². The lowest BCUT2D eigenvalue weighted by atomic mass is 10.1. The summed E-state index contributed by atoms with van der Waals surface area (Å²) in [4.78, 5) is 11.1. The highest BCUT2D eigenvalue weighted by Crippen LogP contribution is 2.33. The van der Waals surface area contributed by atoms with E-state index in [1.54, 1.807) is 0 Å². The second-order valence-electron chi connectivity index (χ2n) is 4.74. The van der Waals surface area contributed by atoms with Crippen molar-refractivity contribution in [2.24, 2.45) is 0 Å². The van der Waals surface area contributed by atoms with Crippen LogP contribution in [0.1, 0.15) is 19.3 Å². The normalized spacial score (nSPS) is 27.3. The van der Waals surface area contributed by atoms with Gasteiger partial charge in [0.2, 0.25) is 0 Å². The molecular weight excluding hydrogens is 248 g/mol. The molecule has 1 saturated heterocycles. The molecule has 0 amide bonds. The van der Waals surface area contributed by atoms with Crippen LogP contribution in [0.3, 0.4) is 0 Å². The Bertz CT molecular complexity index is 442. The molecular formula is C12H18N4OS. The number of fused-ring (bicyclic) bond motifs is 1. The van der Waals surface area contributed by atoms with Gasteiger partial charge in [-0.2, -0.15) is 0 Å². The van der Waals surface area contributed by atoms with Crippen LogP contribution < -0.4 is 10.6 Å². The van der Waals surface area contributed by atoms with E-state index in [0.717, 1.165) is 30.5 Å². The lowest BCUT2D eigenvalue weighted by molar-refractivity contribution is 0.0253. The van der Waals surface area contributed by atoms with Crippen LogP contribution >= 0.6 is 11.8 Å². The summed E-state index contributed by atoms with van der Waals surface area (Å²) in [6, 6.07) is 2.34. The summed E-state index contributed by atoms with van der Waals surface area (Å²) in [6.07, 6.45) is 5.92. The highest BCUT2D eigenvalue weighted by Gasteiger charge is 2.36. The number of nitrogens with two attached hydrogens (primary N) is 1. The Morgan fingerprint density at radius 2 is 2.33 bits per heavy atom. The Balaban J connectivity index is 1.90. The molecule has 2 atom stereocenters. The van der Waals surface area contributed by atoms with Crippen LogP contribution in [0, 0.1) is 0 Å². The SMILES string of the molecule is CSc1nc(N)cc(N2CCOC3CCCC32)n1. The maximum absolute atomic E-state index is 5.86. The summed E-state index contributed by atoms with van der Waals surface area (Å²) < 4.78 is 5.82. The first kappa shape index (κ1) is 12.0. The third kappa shape index (κ3) is 2.14. The van der Waals surface area contributed by atoms with Gasteiger partial charge >= 0.3 is 0 Å². The van der Waals surface area contributed by atoms with E-state index in [2.05, 4.69) is 14.9 Å². The summed E-state index contributed by atoms with van der Waals surface area (Å²) in [7, 11) is 0. The largest absolute Gasteiger partial charge is 0.383 e. The molecule has 0 aromatic carbocycles. The molecule has 5 nitrogen and oxygen atoms in total. The molecule has 2 N–H and O–H groups in total. The fourth-order valence-electron chi connectivity index (χ4n) is 2.88. The average Bonchev–Trinajstić information content (AvgIpc) is 2.85. The fraction of sp³-hybridized carbons (Fsp3) is 0.667. The number of nitrogens with zero attached hydrogens (tertiary/aromatic N) is 3. The van der Waals surface area contributed by atoms with Gasteiger partial charge in [-0.05, 0) is 25.5 Å². The zero-order valence-electron chi connectivity index (χ0n) is 10.5. The molecule has 1 saturated carbocycles. The summed E-state index contributed by atoms with van der Waals surface area (Å²) in [5.41, 5.74) is 5.86. The molecule has 6 heteroatoms. The van der Waals surface area contributed by atoms with Crippen molar-refractivity contribution in [1.29, 1.82) is 0 Å². The van der Waals surface area contributed by atoms with Gasteiger partial charge in [0.1, 0.15) is 11.6 Å². The minimum atomic E-state index is 0.368. The highest BCUT2D eigenvalue weighted by atomic mass is 32.2. The molecule has 3 rings (SSSR count). The fourth-order valence-corrected chi connectivity index (χ4v) is 3.26. The van der Waals surface area contributed by atoms with Crippen LogP contribution in [0.5, 0.6) is 0 Å². The van der Waals surface area contributed by atoms with Gasteiger partial charge in [0.05, 0.1) is 18.8 Å². The lowest BCUT2D eigenvalue weighted by Gasteiger charge is -2.38. The van der Waals surface area contributed by atoms with Crippen LogP contribution in [0.2, 0.25) is 0 Å². The molecule has 1 aromatic rings. The molecule has 1 aromatic heterocycles. The van der Waals surface area contributed by atoms with Gasteiger partial charge < -0.3 is 15.4 Å². The summed E-state index contributed by atoms with van der Waals surface area (Å²) in [6.45, 7) is 1.67. The number of rotatable bonds is 2. The zero-order valence-corrected chi connectivity index (χ0v) is 11.3. The average molecular weight is 266 g/mol. The van der Waals surface area contributed by atoms with E-state index in [9.17, 15) is 0 Å². The number of ether oxygens (including phenoxy) is 1. The highest BCUT2D eigenvalue weighted by molar-refractivity contribution is 7.98. The second kappa shape index (κ2) is 4.93. The van der Waals surface area contributed by atoms with Crippen LogP contribution in [0.25, 0.3) is 0 Å². The molecule has 1 aliphatic carbocycles. The van der Waals surface area contributed by atoms with Crippen molar-refractivity contribution < 1.29 is 4.74 Å². The quantitative estimate of drug-likeness (QED) is 0.647. The summed E-state index contributed by atoms with van der Waals surface area (Å²) in [5.74, 6) is 1.50.